The minimum atomic E-state index is -0.756. The predicted octanol–water partition coefficient (Wildman–Crippen LogP) is 4.57. The van der Waals surface area contributed by atoms with Crippen molar-refractivity contribution in [1.82, 2.24) is 0 Å². The third kappa shape index (κ3) is 11.3. The molecule has 0 amide bonds. The highest BCUT2D eigenvalue weighted by Crippen LogP contribution is 2.34. The molecule has 0 fully saturated rings. The Morgan fingerprint density at radius 3 is 2.00 bits per heavy atom. The molecule has 0 rings (SSSR count). The second-order valence-corrected chi connectivity index (χ2v) is 7.35. The summed E-state index contributed by atoms with van der Waals surface area (Å²) >= 11 is 0. The van der Waals surface area contributed by atoms with Gasteiger partial charge in [-0.3, -0.25) is 9.59 Å². The van der Waals surface area contributed by atoms with Crippen LogP contribution < -0.4 is 0 Å². The van der Waals surface area contributed by atoms with Crippen LogP contribution in [0.3, 0.4) is 0 Å². The highest BCUT2D eigenvalue weighted by atomic mass is 16.4. The lowest BCUT2D eigenvalue weighted by atomic mass is 9.75. The minimum Gasteiger partial charge on any atom is -0.481 e. The number of carboxylic acids is 2. The monoisotopic (exact) mass is 300 g/mol. The molecule has 0 aromatic rings. The molecule has 4 heteroatoms. The van der Waals surface area contributed by atoms with E-state index in [1.165, 1.54) is 0 Å². The molecule has 0 aromatic carbocycles. The topological polar surface area (TPSA) is 74.6 Å². The average Bonchev–Trinajstić information content (AvgIpc) is 2.29. The lowest BCUT2D eigenvalue weighted by Crippen LogP contribution is -2.24. The van der Waals surface area contributed by atoms with Crippen LogP contribution >= 0.6 is 0 Å². The number of rotatable bonds is 12. The van der Waals surface area contributed by atoms with Gasteiger partial charge in [0.05, 0.1) is 5.92 Å². The third-order valence-electron chi connectivity index (χ3n) is 3.80. The van der Waals surface area contributed by atoms with Gasteiger partial charge in [0.2, 0.25) is 0 Å². The van der Waals surface area contributed by atoms with Gasteiger partial charge in [0, 0.05) is 6.42 Å². The van der Waals surface area contributed by atoms with Crippen LogP contribution in [-0.2, 0) is 9.59 Å². The average molecular weight is 300 g/mol. The van der Waals surface area contributed by atoms with Crippen molar-refractivity contribution in [1.29, 1.82) is 0 Å². The van der Waals surface area contributed by atoms with Crippen molar-refractivity contribution in [2.24, 2.45) is 17.3 Å². The maximum Gasteiger partial charge on any atom is 0.306 e. The van der Waals surface area contributed by atoms with E-state index in [0.717, 1.165) is 32.1 Å². The van der Waals surface area contributed by atoms with Gasteiger partial charge in [0.1, 0.15) is 0 Å². The van der Waals surface area contributed by atoms with E-state index < -0.39 is 11.9 Å². The van der Waals surface area contributed by atoms with Crippen molar-refractivity contribution in [3.63, 3.8) is 0 Å². The van der Waals surface area contributed by atoms with Gasteiger partial charge in [-0.1, -0.05) is 47.0 Å². The van der Waals surface area contributed by atoms with Gasteiger partial charge in [-0.2, -0.15) is 0 Å². The zero-order valence-corrected chi connectivity index (χ0v) is 14.0. The first-order valence-corrected chi connectivity index (χ1v) is 8.08. The number of carboxylic acid groups (broad SMARTS) is 2. The van der Waals surface area contributed by atoms with Crippen LogP contribution in [-0.4, -0.2) is 22.2 Å². The molecule has 4 nitrogen and oxygen atoms in total. The molecular formula is C17H32O4. The SMILES string of the molecule is CC(C)CC(C)(C)CC(CCCCCCC(=O)O)C(=O)O. The summed E-state index contributed by atoms with van der Waals surface area (Å²) in [5.74, 6) is -1.16. The standard InChI is InChI=1S/C17H32O4/c1-13(2)11-17(3,4)12-14(16(20)21)9-7-5-6-8-10-15(18)19/h13-14H,5-12H2,1-4H3,(H,18,19)(H,20,21). The van der Waals surface area contributed by atoms with Crippen molar-refractivity contribution in [3.8, 4) is 0 Å². The van der Waals surface area contributed by atoms with Crippen LogP contribution in [0, 0.1) is 17.3 Å². The third-order valence-corrected chi connectivity index (χ3v) is 3.80. The number of unbranched alkanes of at least 4 members (excludes halogenated alkanes) is 3. The summed E-state index contributed by atoms with van der Waals surface area (Å²) in [5, 5.41) is 17.9. The van der Waals surface area contributed by atoms with Crippen molar-refractivity contribution in [3.05, 3.63) is 0 Å². The van der Waals surface area contributed by atoms with Crippen molar-refractivity contribution < 1.29 is 19.8 Å². The quantitative estimate of drug-likeness (QED) is 0.517. The van der Waals surface area contributed by atoms with Crippen LogP contribution in [0.25, 0.3) is 0 Å². The molecule has 0 aliphatic heterocycles. The van der Waals surface area contributed by atoms with Gasteiger partial charge in [-0.25, -0.2) is 0 Å². The number of aliphatic carboxylic acids is 2. The number of hydrogen-bond acceptors (Lipinski definition) is 2. The molecule has 0 aromatic heterocycles. The largest absolute Gasteiger partial charge is 0.481 e. The second kappa shape index (κ2) is 9.80. The molecule has 2 N–H and O–H groups in total. The van der Waals surface area contributed by atoms with Crippen molar-refractivity contribution in [2.75, 3.05) is 0 Å². The van der Waals surface area contributed by atoms with Gasteiger partial charge in [-0.15, -0.1) is 0 Å². The van der Waals surface area contributed by atoms with Crippen molar-refractivity contribution in [2.45, 2.75) is 79.1 Å². The Morgan fingerprint density at radius 1 is 0.952 bits per heavy atom. The smallest absolute Gasteiger partial charge is 0.306 e. The Bertz CT molecular complexity index is 321. The second-order valence-electron chi connectivity index (χ2n) is 7.35. The normalized spacial score (nSPS) is 13.4. The van der Waals surface area contributed by atoms with E-state index in [0.29, 0.717) is 18.8 Å². The lowest BCUT2D eigenvalue weighted by Gasteiger charge is -2.29. The van der Waals surface area contributed by atoms with Gasteiger partial charge in [0.15, 0.2) is 0 Å². The molecule has 124 valence electrons. The van der Waals surface area contributed by atoms with Crippen LogP contribution in [0.5, 0.6) is 0 Å². The maximum atomic E-state index is 11.4. The van der Waals surface area contributed by atoms with E-state index >= 15 is 0 Å². The fourth-order valence-electron chi connectivity index (χ4n) is 3.19. The molecule has 0 heterocycles. The zero-order valence-electron chi connectivity index (χ0n) is 14.0. The van der Waals surface area contributed by atoms with Crippen LogP contribution in [0.1, 0.15) is 79.1 Å². The summed E-state index contributed by atoms with van der Waals surface area (Å²) in [4.78, 5) is 21.8. The Morgan fingerprint density at radius 2 is 1.52 bits per heavy atom. The molecule has 1 atom stereocenters. The summed E-state index contributed by atoms with van der Waals surface area (Å²) in [6.07, 6.45) is 6.01. The van der Waals surface area contributed by atoms with Crippen molar-refractivity contribution >= 4 is 11.9 Å². The molecule has 0 spiro atoms. The summed E-state index contributed by atoms with van der Waals surface area (Å²) in [6.45, 7) is 8.63. The summed E-state index contributed by atoms with van der Waals surface area (Å²) in [5.41, 5.74) is 0.0561. The van der Waals surface area contributed by atoms with Gasteiger partial charge >= 0.3 is 11.9 Å². The molecule has 0 radical (unpaired) electrons. The molecule has 1 unspecified atom stereocenters. The maximum absolute atomic E-state index is 11.4. The Kier molecular flexibility index (Phi) is 9.31. The summed E-state index contributed by atoms with van der Waals surface area (Å²) in [6, 6.07) is 0. The first-order chi connectivity index (χ1) is 9.64. The molecular weight excluding hydrogens is 268 g/mol. The molecule has 21 heavy (non-hydrogen) atoms. The van der Waals surface area contributed by atoms with Gasteiger partial charge < -0.3 is 10.2 Å². The highest BCUT2D eigenvalue weighted by Gasteiger charge is 2.28. The van der Waals surface area contributed by atoms with E-state index in [2.05, 4.69) is 27.7 Å². The predicted molar refractivity (Wildman–Crippen MR) is 84.3 cm³/mol. The minimum absolute atomic E-state index is 0.0561. The summed E-state index contributed by atoms with van der Waals surface area (Å²) < 4.78 is 0. The fourth-order valence-corrected chi connectivity index (χ4v) is 3.19. The molecule has 0 aliphatic rings. The van der Waals surface area contributed by atoms with Crippen LogP contribution in [0.4, 0.5) is 0 Å². The molecule has 0 aliphatic carbocycles. The van der Waals surface area contributed by atoms with E-state index in [-0.39, 0.29) is 17.8 Å². The molecule has 0 bridgehead atoms. The van der Waals surface area contributed by atoms with Gasteiger partial charge in [-0.05, 0) is 37.0 Å². The van der Waals surface area contributed by atoms with E-state index in [1.807, 2.05) is 0 Å². The Hall–Kier alpha value is -1.06. The molecule has 0 saturated heterocycles. The fraction of sp³-hybridized carbons (Fsp3) is 0.882. The van der Waals surface area contributed by atoms with E-state index in [4.69, 9.17) is 5.11 Å². The first-order valence-electron chi connectivity index (χ1n) is 8.08. The summed E-state index contributed by atoms with van der Waals surface area (Å²) in [7, 11) is 0. The molecule has 0 saturated carbocycles. The number of carbonyl (C=O) groups is 2. The lowest BCUT2D eigenvalue weighted by molar-refractivity contribution is -0.143. The Balaban J connectivity index is 4.08. The Labute approximate surface area is 128 Å². The first kappa shape index (κ1) is 19.9. The number of hydrogen-bond donors (Lipinski definition) is 2. The van der Waals surface area contributed by atoms with Crippen LogP contribution in [0.2, 0.25) is 0 Å². The highest BCUT2D eigenvalue weighted by molar-refractivity contribution is 5.70. The van der Waals surface area contributed by atoms with E-state index in [9.17, 15) is 14.7 Å². The van der Waals surface area contributed by atoms with E-state index in [1.54, 1.807) is 0 Å². The van der Waals surface area contributed by atoms with Crippen LogP contribution in [0.15, 0.2) is 0 Å². The zero-order chi connectivity index (χ0) is 16.5. The van der Waals surface area contributed by atoms with Gasteiger partial charge in [0.25, 0.3) is 0 Å².